The lowest BCUT2D eigenvalue weighted by atomic mass is 10.0. The highest BCUT2D eigenvalue weighted by atomic mass is 19.1. The quantitative estimate of drug-likeness (QED) is 0.555. The van der Waals surface area contributed by atoms with Gasteiger partial charge in [-0.25, -0.2) is 4.98 Å². The first kappa shape index (κ1) is 15.0. The second-order valence-electron chi connectivity index (χ2n) is 5.15. The minimum atomic E-state index is -1.37. The molecule has 4 atom stereocenters. The highest BCUT2D eigenvalue weighted by molar-refractivity contribution is 5.70. The van der Waals surface area contributed by atoms with Crippen molar-refractivity contribution in [1.82, 2.24) is 15.0 Å². The van der Waals surface area contributed by atoms with E-state index in [-0.39, 0.29) is 22.4 Å². The molecule has 2 unspecified atom stereocenters. The molecular weight excluding hydrogens is 297 g/mol. The van der Waals surface area contributed by atoms with E-state index in [9.17, 15) is 19.4 Å². The summed E-state index contributed by atoms with van der Waals surface area (Å²) in [5.74, 6) is -0.788. The van der Waals surface area contributed by atoms with Crippen molar-refractivity contribution in [1.29, 1.82) is 0 Å². The van der Waals surface area contributed by atoms with Crippen molar-refractivity contribution in [2.45, 2.75) is 31.3 Å². The molecule has 0 amide bonds. The van der Waals surface area contributed by atoms with Crippen LogP contribution in [0.5, 0.6) is 0 Å². The number of hydrogen-bond donors (Lipinski definition) is 4. The summed E-state index contributed by atoms with van der Waals surface area (Å²) in [6, 6.07) is 1.33. The Hall–Kier alpha value is -1.94. The lowest BCUT2D eigenvalue weighted by Crippen LogP contribution is -2.33. The van der Waals surface area contributed by atoms with Crippen LogP contribution in [0.4, 0.5) is 4.39 Å². The first-order chi connectivity index (χ1) is 10.4. The molecule has 1 saturated heterocycles. The fourth-order valence-electron chi connectivity index (χ4n) is 2.47. The number of ether oxygens (including phenoxy) is 1. The Kier molecular flexibility index (Phi) is 3.65. The number of pyridine rings is 1. The predicted octanol–water partition coefficient (Wildman–Crippen LogP) is -1.08. The third-order valence-electron chi connectivity index (χ3n) is 3.67. The van der Waals surface area contributed by atoms with Crippen LogP contribution in [0.2, 0.25) is 0 Å². The number of aromatic amines is 1. The standard InChI is InChI=1S/C13H14FN3O5/c1-4-11(14)16-12-6(15-4)2-5(13(21)17-12)10-9(20)8(19)7(3-18)22-10/h2,7-10,18-20H,3H2,1H3,(H,16,17,21)/t7-,8?,9?,10+/m1/s1. The molecule has 1 aliphatic heterocycles. The van der Waals surface area contributed by atoms with Gasteiger partial charge < -0.3 is 25.0 Å². The van der Waals surface area contributed by atoms with Gasteiger partial charge in [-0.1, -0.05) is 0 Å². The van der Waals surface area contributed by atoms with E-state index in [1.54, 1.807) is 0 Å². The zero-order chi connectivity index (χ0) is 16.0. The van der Waals surface area contributed by atoms with Crippen molar-refractivity contribution in [3.05, 3.63) is 33.6 Å². The molecule has 1 fully saturated rings. The van der Waals surface area contributed by atoms with Crippen molar-refractivity contribution in [2.24, 2.45) is 0 Å². The number of aryl methyl sites for hydroxylation is 1. The van der Waals surface area contributed by atoms with Crippen LogP contribution >= 0.6 is 0 Å². The van der Waals surface area contributed by atoms with E-state index in [4.69, 9.17) is 9.84 Å². The van der Waals surface area contributed by atoms with E-state index in [0.29, 0.717) is 0 Å². The van der Waals surface area contributed by atoms with Crippen LogP contribution in [0.3, 0.4) is 0 Å². The zero-order valence-corrected chi connectivity index (χ0v) is 11.5. The fourth-order valence-corrected chi connectivity index (χ4v) is 2.47. The number of halogens is 1. The Labute approximate surface area is 123 Å². The van der Waals surface area contributed by atoms with Gasteiger partial charge in [-0.05, 0) is 13.0 Å². The highest BCUT2D eigenvalue weighted by Gasteiger charge is 2.44. The van der Waals surface area contributed by atoms with Gasteiger partial charge in [-0.15, -0.1) is 0 Å². The van der Waals surface area contributed by atoms with Crippen LogP contribution in [0.1, 0.15) is 17.4 Å². The largest absolute Gasteiger partial charge is 0.394 e. The minimum Gasteiger partial charge on any atom is -0.394 e. The van der Waals surface area contributed by atoms with Crippen LogP contribution in [-0.2, 0) is 4.74 Å². The summed E-state index contributed by atoms with van der Waals surface area (Å²) in [4.78, 5) is 22.0. The number of rotatable bonds is 2. The summed E-state index contributed by atoms with van der Waals surface area (Å²) in [5.41, 5.74) is -0.350. The van der Waals surface area contributed by atoms with Gasteiger partial charge in [-0.3, -0.25) is 4.79 Å². The van der Waals surface area contributed by atoms with Gasteiger partial charge in [0.05, 0.1) is 17.9 Å². The van der Waals surface area contributed by atoms with E-state index in [1.165, 1.54) is 13.0 Å². The molecule has 0 radical (unpaired) electrons. The van der Waals surface area contributed by atoms with E-state index in [1.807, 2.05) is 0 Å². The topological polar surface area (TPSA) is 129 Å². The van der Waals surface area contributed by atoms with Crippen LogP contribution < -0.4 is 5.56 Å². The van der Waals surface area contributed by atoms with Crippen molar-refractivity contribution >= 4 is 11.2 Å². The lowest BCUT2D eigenvalue weighted by molar-refractivity contribution is -0.0231. The van der Waals surface area contributed by atoms with E-state index >= 15 is 0 Å². The molecular formula is C13H14FN3O5. The number of aromatic nitrogens is 3. The Bertz CT molecular complexity index is 780. The summed E-state index contributed by atoms with van der Waals surface area (Å²) in [7, 11) is 0. The van der Waals surface area contributed by atoms with Crippen molar-refractivity contribution in [3.8, 4) is 0 Å². The summed E-state index contributed by atoms with van der Waals surface area (Å²) in [6.45, 7) is 0.934. The second kappa shape index (κ2) is 5.36. The number of aliphatic hydroxyl groups is 3. The molecule has 0 saturated carbocycles. The third kappa shape index (κ3) is 2.28. The monoisotopic (exact) mass is 311 g/mol. The maximum absolute atomic E-state index is 13.4. The molecule has 4 N–H and O–H groups in total. The van der Waals surface area contributed by atoms with Crippen LogP contribution in [0.25, 0.3) is 11.2 Å². The molecule has 8 nitrogen and oxygen atoms in total. The average Bonchev–Trinajstić information content (AvgIpc) is 2.76. The minimum absolute atomic E-state index is 0.0234. The average molecular weight is 311 g/mol. The van der Waals surface area contributed by atoms with Gasteiger partial charge >= 0.3 is 0 Å². The molecule has 9 heteroatoms. The number of fused-ring (bicyclic) bond motifs is 1. The smallest absolute Gasteiger partial charge is 0.255 e. The molecule has 3 heterocycles. The van der Waals surface area contributed by atoms with Crippen LogP contribution in [0, 0.1) is 12.9 Å². The predicted molar refractivity (Wildman–Crippen MR) is 71.6 cm³/mol. The molecule has 0 aliphatic carbocycles. The Morgan fingerprint density at radius 1 is 1.36 bits per heavy atom. The van der Waals surface area contributed by atoms with Gasteiger partial charge in [-0.2, -0.15) is 9.37 Å². The number of hydrogen-bond acceptors (Lipinski definition) is 7. The maximum atomic E-state index is 13.4. The van der Waals surface area contributed by atoms with Crippen LogP contribution in [0.15, 0.2) is 10.9 Å². The summed E-state index contributed by atoms with van der Waals surface area (Å²) in [5, 5.41) is 28.8. The number of H-pyrrole nitrogens is 1. The Morgan fingerprint density at radius 2 is 2.09 bits per heavy atom. The summed E-state index contributed by atoms with van der Waals surface area (Å²) < 4.78 is 18.7. The van der Waals surface area contributed by atoms with Crippen molar-refractivity contribution in [2.75, 3.05) is 6.61 Å². The summed E-state index contributed by atoms with van der Waals surface area (Å²) >= 11 is 0. The molecule has 0 bridgehead atoms. The van der Waals surface area contributed by atoms with Gasteiger partial charge in [0, 0.05) is 0 Å². The molecule has 22 heavy (non-hydrogen) atoms. The van der Waals surface area contributed by atoms with Gasteiger partial charge in [0.25, 0.3) is 5.56 Å². The zero-order valence-electron chi connectivity index (χ0n) is 11.5. The van der Waals surface area contributed by atoms with Crippen LogP contribution in [-0.4, -0.2) is 55.2 Å². The molecule has 0 spiro atoms. The number of nitrogens with one attached hydrogen (secondary N) is 1. The first-order valence-electron chi connectivity index (χ1n) is 6.62. The molecule has 1 aliphatic rings. The molecule has 2 aromatic rings. The maximum Gasteiger partial charge on any atom is 0.255 e. The molecule has 0 aromatic carbocycles. The Balaban J connectivity index is 2.10. The second-order valence-corrected chi connectivity index (χ2v) is 5.15. The molecule has 3 rings (SSSR count). The SMILES string of the molecule is Cc1nc2cc([C@@H]3O[C@H](CO)C(O)C3O)c(=O)[nH]c2nc1F. The number of nitrogens with zero attached hydrogens (tertiary/aromatic N) is 2. The first-order valence-corrected chi connectivity index (χ1v) is 6.62. The van der Waals surface area contributed by atoms with E-state index < -0.39 is 42.5 Å². The van der Waals surface area contributed by atoms with Crippen molar-refractivity contribution < 1.29 is 24.4 Å². The van der Waals surface area contributed by atoms with E-state index in [0.717, 1.165) is 0 Å². The highest BCUT2D eigenvalue weighted by Crippen LogP contribution is 2.32. The third-order valence-corrected chi connectivity index (χ3v) is 3.67. The van der Waals surface area contributed by atoms with Gasteiger partial charge in [0.1, 0.15) is 29.9 Å². The fraction of sp³-hybridized carbons (Fsp3) is 0.462. The normalized spacial score (nSPS) is 28.4. The van der Waals surface area contributed by atoms with Gasteiger partial charge in [0.2, 0.25) is 5.95 Å². The number of aliphatic hydroxyl groups excluding tert-OH is 3. The summed E-state index contributed by atoms with van der Waals surface area (Å²) in [6.07, 6.45) is -4.79. The Morgan fingerprint density at radius 3 is 2.73 bits per heavy atom. The van der Waals surface area contributed by atoms with Gasteiger partial charge in [0.15, 0.2) is 5.65 Å². The lowest BCUT2D eigenvalue weighted by Gasteiger charge is -2.14. The molecule has 2 aromatic heterocycles. The molecule has 118 valence electrons. The van der Waals surface area contributed by atoms with E-state index in [2.05, 4.69) is 15.0 Å². The van der Waals surface area contributed by atoms with Crippen molar-refractivity contribution in [3.63, 3.8) is 0 Å².